The third-order valence-electron chi connectivity index (χ3n) is 9.71. The summed E-state index contributed by atoms with van der Waals surface area (Å²) in [5.74, 6) is 0.240. The molecule has 0 spiro atoms. The van der Waals surface area contributed by atoms with Crippen LogP contribution in [0.5, 0.6) is 0 Å². The maximum absolute atomic E-state index is 2.47. The first-order valence-electron chi connectivity index (χ1n) is 16.7. The van der Waals surface area contributed by atoms with Crippen molar-refractivity contribution in [3.05, 3.63) is 182 Å². The summed E-state index contributed by atoms with van der Waals surface area (Å²) in [4.78, 5) is 0. The van der Waals surface area contributed by atoms with Crippen LogP contribution in [0.25, 0.3) is 43.8 Å². The second-order valence-corrected chi connectivity index (χ2v) is 15.1. The molecule has 0 amide bonds. The summed E-state index contributed by atoms with van der Waals surface area (Å²) in [6.45, 7) is 13.7. The van der Waals surface area contributed by atoms with Crippen molar-refractivity contribution >= 4 is 21.5 Å². The van der Waals surface area contributed by atoms with Gasteiger partial charge in [0.15, 0.2) is 0 Å². The topological polar surface area (TPSA) is 0 Å². The third kappa shape index (κ3) is 7.84. The van der Waals surface area contributed by atoms with Crippen LogP contribution in [0.2, 0.25) is 0 Å². The van der Waals surface area contributed by atoms with E-state index in [-0.39, 0.29) is 57.4 Å². The summed E-state index contributed by atoms with van der Waals surface area (Å²) in [5.41, 5.74) is 12.2. The van der Waals surface area contributed by atoms with E-state index in [1.165, 1.54) is 71.6 Å². The molecule has 0 unspecified atom stereocenters. The fourth-order valence-electron chi connectivity index (χ4n) is 7.01. The van der Waals surface area contributed by atoms with Gasteiger partial charge in [-0.1, -0.05) is 144 Å². The van der Waals surface area contributed by atoms with E-state index in [1.54, 1.807) is 0 Å². The van der Waals surface area contributed by atoms with Gasteiger partial charge in [0, 0.05) is 0 Å². The molecule has 0 aliphatic rings. The first kappa shape index (κ1) is 38.0. The molecule has 0 atom stereocenters. The van der Waals surface area contributed by atoms with E-state index < -0.39 is 0 Å². The molecular formula is C48H50Hf. The van der Waals surface area contributed by atoms with Gasteiger partial charge >= 0.3 is 25.8 Å². The molecule has 7 aromatic carbocycles. The Bertz CT molecular complexity index is 2000. The summed E-state index contributed by atoms with van der Waals surface area (Å²) < 4.78 is 0. The van der Waals surface area contributed by atoms with Crippen LogP contribution in [0.3, 0.4) is 0 Å². The Kier molecular flexibility index (Phi) is 11.6. The van der Waals surface area contributed by atoms with Gasteiger partial charge in [0.2, 0.25) is 0 Å². The van der Waals surface area contributed by atoms with E-state index in [4.69, 9.17) is 0 Å². The van der Waals surface area contributed by atoms with Crippen LogP contribution in [-0.2, 0) is 43.1 Å². The monoisotopic (exact) mass is 806 g/mol. The predicted molar refractivity (Wildman–Crippen MR) is 212 cm³/mol. The van der Waals surface area contributed by atoms with Crippen molar-refractivity contribution in [2.45, 2.75) is 64.7 Å². The molecule has 246 valence electrons. The second kappa shape index (κ2) is 15.0. The Morgan fingerprint density at radius 3 is 1.35 bits per heavy atom. The van der Waals surface area contributed by atoms with Crippen LogP contribution >= 0.6 is 0 Å². The van der Waals surface area contributed by atoms with Crippen LogP contribution in [0.1, 0.15) is 75.3 Å². The fourth-order valence-corrected chi connectivity index (χ4v) is 7.01. The first-order chi connectivity index (χ1) is 22.0. The average molecular weight is 805 g/mol. The predicted octanol–water partition coefficient (Wildman–Crippen LogP) is 13.6. The molecule has 49 heavy (non-hydrogen) atoms. The van der Waals surface area contributed by atoms with E-state index in [2.05, 4.69) is 181 Å². The zero-order valence-electron chi connectivity index (χ0n) is 30.6. The quantitative estimate of drug-likeness (QED) is 0.116. The van der Waals surface area contributed by atoms with E-state index in [0.717, 1.165) is 6.42 Å². The van der Waals surface area contributed by atoms with Crippen molar-refractivity contribution < 1.29 is 25.8 Å². The van der Waals surface area contributed by atoms with Gasteiger partial charge in [0.1, 0.15) is 0 Å². The van der Waals surface area contributed by atoms with Crippen LogP contribution in [-0.4, -0.2) is 0 Å². The normalized spacial score (nSPS) is 11.7. The molecule has 0 bridgehead atoms. The Balaban J connectivity index is 0.00000180. The molecule has 7 rings (SSSR count). The molecule has 0 radical (unpaired) electrons. The minimum absolute atomic E-state index is 0. The van der Waals surface area contributed by atoms with E-state index in [0.29, 0.717) is 0 Å². The minimum atomic E-state index is 0. The number of benzene rings is 5. The zero-order valence-corrected chi connectivity index (χ0v) is 34.2. The van der Waals surface area contributed by atoms with Gasteiger partial charge in [-0.15, -0.1) is 69.1 Å². The molecule has 0 saturated carbocycles. The van der Waals surface area contributed by atoms with Crippen molar-refractivity contribution in [2.75, 3.05) is 0 Å². The number of hydrogen-bond acceptors (Lipinski definition) is 0. The Morgan fingerprint density at radius 1 is 0.490 bits per heavy atom. The van der Waals surface area contributed by atoms with Crippen molar-refractivity contribution in [3.8, 4) is 22.3 Å². The number of hydrogen-bond donors (Lipinski definition) is 0. The molecule has 0 aliphatic heterocycles. The average Bonchev–Trinajstić information content (AvgIpc) is 3.68. The fraction of sp³-hybridized carbons (Fsp3) is 0.208. The molecule has 0 N–H and O–H groups in total. The van der Waals surface area contributed by atoms with Gasteiger partial charge in [0.25, 0.3) is 0 Å². The Labute approximate surface area is 314 Å². The Morgan fingerprint density at radius 2 is 0.918 bits per heavy atom. The van der Waals surface area contributed by atoms with Crippen LogP contribution < -0.4 is 0 Å². The number of fused-ring (bicyclic) bond motifs is 2. The van der Waals surface area contributed by atoms with Crippen molar-refractivity contribution in [1.82, 2.24) is 0 Å². The summed E-state index contributed by atoms with van der Waals surface area (Å²) in [6, 6.07) is 52.5. The van der Waals surface area contributed by atoms with Crippen LogP contribution in [0.15, 0.2) is 140 Å². The van der Waals surface area contributed by atoms with Gasteiger partial charge in [-0.2, -0.15) is 12.1 Å². The smallest absolute Gasteiger partial charge is 0.358 e. The van der Waals surface area contributed by atoms with E-state index in [9.17, 15) is 0 Å². The third-order valence-corrected chi connectivity index (χ3v) is 9.71. The van der Waals surface area contributed by atoms with Gasteiger partial charge in [-0.25, -0.2) is 0 Å². The van der Waals surface area contributed by atoms with Gasteiger partial charge in [0.05, 0.1) is 0 Å². The molecule has 1 heteroatoms. The second-order valence-electron chi connectivity index (χ2n) is 15.1. The van der Waals surface area contributed by atoms with Crippen molar-refractivity contribution in [1.29, 1.82) is 0 Å². The van der Waals surface area contributed by atoms with E-state index in [1.807, 2.05) is 0 Å². The number of rotatable bonds is 6. The van der Waals surface area contributed by atoms with Crippen molar-refractivity contribution in [2.24, 2.45) is 0 Å². The Hall–Kier alpha value is -3.81. The zero-order chi connectivity index (χ0) is 32.1. The van der Waals surface area contributed by atoms with Crippen LogP contribution in [0, 0.1) is 14.9 Å². The molecule has 7 aromatic rings. The maximum atomic E-state index is 2.47. The maximum Gasteiger partial charge on any atom is 4.00 e. The van der Waals surface area contributed by atoms with E-state index >= 15 is 0 Å². The minimum Gasteiger partial charge on any atom is -0.358 e. The van der Waals surface area contributed by atoms with Gasteiger partial charge < -0.3 is 14.9 Å². The molecule has 0 aromatic heterocycles. The molecule has 0 nitrogen and oxygen atoms in total. The summed E-state index contributed by atoms with van der Waals surface area (Å²) in [6.07, 6.45) is 0.956. The van der Waals surface area contributed by atoms with Crippen molar-refractivity contribution in [3.63, 3.8) is 0 Å². The van der Waals surface area contributed by atoms with Crippen LogP contribution in [0.4, 0.5) is 0 Å². The summed E-state index contributed by atoms with van der Waals surface area (Å²) >= 11 is 0. The summed E-state index contributed by atoms with van der Waals surface area (Å²) in [7, 11) is 0. The molecule has 0 heterocycles. The molecule has 0 aliphatic carbocycles. The van der Waals surface area contributed by atoms with Gasteiger partial charge in [-0.3, -0.25) is 0 Å². The van der Waals surface area contributed by atoms with Gasteiger partial charge in [-0.05, 0) is 51.0 Å². The molecule has 0 fully saturated rings. The largest absolute Gasteiger partial charge is 4.00 e. The molecule has 0 saturated heterocycles. The summed E-state index contributed by atoms with van der Waals surface area (Å²) in [5, 5.41) is 5.28. The molecular weight excluding hydrogens is 755 g/mol. The standard InChI is InChI=1S/C46H44.2CH3.Hf/c1-45(2,3)38-20-10-16-34(27-38)40-22-12-18-32-25-36(29-43(32)40)42(24-31-14-8-7-9-15-31)37-26-33-19-13-23-41(44(33)30-37)35-17-11-21-39(28-35)46(4,5)6;;;/h7-23,25-30,42H,24H2,1-6H3;2*1H3;/q-2;2*-1;+4. The SMILES string of the molecule is CC(C)(C)c1cccc(-c2cccc3[cH-]c(C(Cc4ccccc4)c4cc5c(-c6cccc(C(C)(C)C)c6)cccc5[cH-]4)cc23)c1.[CH3-].[CH3-].[Hf+4]. The first-order valence-corrected chi connectivity index (χ1v) is 16.7.